The minimum Gasteiger partial charge on any atom is -0.444 e. The van der Waals surface area contributed by atoms with Crippen LogP contribution in [0.1, 0.15) is 20.8 Å². The largest absolute Gasteiger partial charge is 0.444 e. The lowest BCUT2D eigenvalue weighted by Gasteiger charge is -2.19. The van der Waals surface area contributed by atoms with Crippen molar-refractivity contribution in [2.75, 3.05) is 0 Å². The number of carbonyl (C=O) groups excluding carboxylic acids is 2. The van der Waals surface area contributed by atoms with E-state index in [-0.39, 0.29) is 12.5 Å². The van der Waals surface area contributed by atoms with E-state index in [1.807, 2.05) is 77.4 Å². The van der Waals surface area contributed by atoms with Crippen molar-refractivity contribution in [2.45, 2.75) is 32.9 Å². The van der Waals surface area contributed by atoms with Gasteiger partial charge in [-0.2, -0.15) is 4.99 Å². The number of aliphatic imine (C=N–C) groups is 1. The molecule has 3 aromatic rings. The van der Waals surface area contributed by atoms with E-state index in [0.717, 1.165) is 22.5 Å². The van der Waals surface area contributed by atoms with E-state index in [2.05, 4.69) is 10.3 Å². The predicted molar refractivity (Wildman–Crippen MR) is 121 cm³/mol. The maximum atomic E-state index is 12.7. The standard InChI is InChI=1S/C24H26N4O3/c1-24(2,3)31-23(30)27-22(25)26-21(29)16-28-19(17-10-6-4-7-11-17)14-15-20(28)18-12-8-5-9-13-18/h4-15H,16H2,1-3H3,(H3,25,26,27,29,30). The zero-order valence-corrected chi connectivity index (χ0v) is 17.8. The van der Waals surface area contributed by atoms with Crippen molar-refractivity contribution in [1.29, 1.82) is 0 Å². The lowest BCUT2D eigenvalue weighted by molar-refractivity contribution is -0.118. The molecule has 7 heteroatoms. The minimum atomic E-state index is -0.766. The van der Waals surface area contributed by atoms with Crippen LogP contribution < -0.4 is 11.1 Å². The quantitative estimate of drug-likeness (QED) is 0.490. The molecule has 0 radical (unpaired) electrons. The Morgan fingerprint density at radius 1 is 0.903 bits per heavy atom. The van der Waals surface area contributed by atoms with Crippen LogP contribution in [0.5, 0.6) is 0 Å². The third kappa shape index (κ3) is 6.05. The number of benzene rings is 2. The van der Waals surface area contributed by atoms with Crippen molar-refractivity contribution in [3.63, 3.8) is 0 Å². The topological polar surface area (TPSA) is 98.7 Å². The Labute approximate surface area is 181 Å². The van der Waals surface area contributed by atoms with Crippen molar-refractivity contribution in [2.24, 2.45) is 10.7 Å². The highest BCUT2D eigenvalue weighted by atomic mass is 16.6. The summed E-state index contributed by atoms with van der Waals surface area (Å²) in [5, 5.41) is 2.28. The fourth-order valence-corrected chi connectivity index (χ4v) is 3.10. The molecule has 0 saturated heterocycles. The van der Waals surface area contributed by atoms with Gasteiger partial charge in [-0.1, -0.05) is 60.7 Å². The number of carbonyl (C=O) groups is 2. The average molecular weight is 418 g/mol. The monoisotopic (exact) mass is 418 g/mol. The Bertz CT molecular complexity index is 1020. The third-order valence-electron chi connectivity index (χ3n) is 4.29. The van der Waals surface area contributed by atoms with E-state index in [1.54, 1.807) is 20.8 Å². The number of hydrogen-bond donors (Lipinski definition) is 2. The number of amides is 2. The molecule has 7 nitrogen and oxygen atoms in total. The second-order valence-corrected chi connectivity index (χ2v) is 7.94. The summed E-state index contributed by atoms with van der Waals surface area (Å²) in [5.74, 6) is -0.812. The Balaban J connectivity index is 1.86. The molecule has 0 spiro atoms. The summed E-state index contributed by atoms with van der Waals surface area (Å²) in [6, 6.07) is 23.5. The molecule has 2 aromatic carbocycles. The van der Waals surface area contributed by atoms with Crippen LogP contribution in [0.3, 0.4) is 0 Å². The van der Waals surface area contributed by atoms with Crippen LogP contribution in [-0.2, 0) is 16.1 Å². The third-order valence-corrected chi connectivity index (χ3v) is 4.29. The second-order valence-electron chi connectivity index (χ2n) is 7.94. The first-order valence-corrected chi connectivity index (χ1v) is 9.90. The van der Waals surface area contributed by atoms with Crippen LogP contribution in [-0.4, -0.2) is 28.1 Å². The average Bonchev–Trinajstić information content (AvgIpc) is 3.10. The Morgan fingerprint density at radius 3 is 1.84 bits per heavy atom. The highest BCUT2D eigenvalue weighted by Gasteiger charge is 2.18. The van der Waals surface area contributed by atoms with E-state index in [0.29, 0.717) is 0 Å². The van der Waals surface area contributed by atoms with Gasteiger partial charge in [0.2, 0.25) is 5.96 Å². The summed E-state index contributed by atoms with van der Waals surface area (Å²) in [4.78, 5) is 28.3. The van der Waals surface area contributed by atoms with Gasteiger partial charge >= 0.3 is 6.09 Å². The van der Waals surface area contributed by atoms with Gasteiger partial charge in [-0.3, -0.25) is 10.1 Å². The van der Waals surface area contributed by atoms with E-state index in [9.17, 15) is 9.59 Å². The number of hydrogen-bond acceptors (Lipinski definition) is 3. The normalized spacial score (nSPS) is 11.8. The highest BCUT2D eigenvalue weighted by molar-refractivity contribution is 5.99. The summed E-state index contributed by atoms with van der Waals surface area (Å²) in [5.41, 5.74) is 8.74. The number of ether oxygens (including phenoxy) is 1. The predicted octanol–water partition coefficient (Wildman–Crippen LogP) is 4.19. The molecule has 0 unspecified atom stereocenters. The molecule has 31 heavy (non-hydrogen) atoms. The molecular weight excluding hydrogens is 392 g/mol. The second kappa shape index (κ2) is 9.30. The van der Waals surface area contributed by atoms with Gasteiger partial charge in [0.15, 0.2) is 0 Å². The van der Waals surface area contributed by atoms with E-state index >= 15 is 0 Å². The molecule has 0 atom stereocenters. The highest BCUT2D eigenvalue weighted by Crippen LogP contribution is 2.29. The van der Waals surface area contributed by atoms with Gasteiger partial charge in [0.25, 0.3) is 5.91 Å². The van der Waals surface area contributed by atoms with Gasteiger partial charge in [0.05, 0.1) is 0 Å². The van der Waals surface area contributed by atoms with Crippen LogP contribution in [0.25, 0.3) is 22.5 Å². The molecular formula is C24H26N4O3. The van der Waals surface area contributed by atoms with Crippen molar-refractivity contribution in [3.05, 3.63) is 72.8 Å². The molecule has 0 saturated carbocycles. The number of nitrogens with one attached hydrogen (secondary N) is 1. The van der Waals surface area contributed by atoms with Crippen molar-refractivity contribution in [3.8, 4) is 22.5 Å². The molecule has 0 fully saturated rings. The number of nitrogens with two attached hydrogens (primary N) is 1. The smallest absolute Gasteiger partial charge is 0.414 e. The fraction of sp³-hybridized carbons (Fsp3) is 0.208. The first-order chi connectivity index (χ1) is 14.7. The summed E-state index contributed by atoms with van der Waals surface area (Å²) in [7, 11) is 0. The number of alkyl carbamates (subject to hydrolysis) is 1. The van der Waals surface area contributed by atoms with Crippen molar-refractivity contribution in [1.82, 2.24) is 9.88 Å². The Hall–Kier alpha value is -3.87. The number of guanidine groups is 1. The van der Waals surface area contributed by atoms with Crippen LogP contribution >= 0.6 is 0 Å². The number of rotatable bonds is 4. The summed E-state index contributed by atoms with van der Waals surface area (Å²) >= 11 is 0. The zero-order chi connectivity index (χ0) is 22.4. The molecule has 0 bridgehead atoms. The van der Waals surface area contributed by atoms with E-state index in [1.165, 1.54) is 0 Å². The van der Waals surface area contributed by atoms with Crippen LogP contribution in [0.2, 0.25) is 0 Å². The molecule has 0 aliphatic carbocycles. The van der Waals surface area contributed by atoms with Crippen LogP contribution in [0.4, 0.5) is 4.79 Å². The van der Waals surface area contributed by atoms with Crippen LogP contribution in [0.15, 0.2) is 77.8 Å². The molecule has 3 rings (SSSR count). The van der Waals surface area contributed by atoms with Crippen LogP contribution in [0, 0.1) is 0 Å². The first-order valence-electron chi connectivity index (χ1n) is 9.90. The van der Waals surface area contributed by atoms with E-state index < -0.39 is 17.6 Å². The van der Waals surface area contributed by atoms with Gasteiger partial charge in [-0.05, 0) is 44.0 Å². The molecule has 1 aromatic heterocycles. The number of nitrogens with zero attached hydrogens (tertiary/aromatic N) is 2. The number of aromatic nitrogens is 1. The van der Waals surface area contributed by atoms with Crippen molar-refractivity contribution < 1.29 is 14.3 Å². The molecule has 3 N–H and O–H groups in total. The van der Waals surface area contributed by atoms with Gasteiger partial charge in [-0.25, -0.2) is 4.79 Å². The maximum absolute atomic E-state index is 12.7. The van der Waals surface area contributed by atoms with Gasteiger partial charge in [0, 0.05) is 11.4 Å². The summed E-state index contributed by atoms with van der Waals surface area (Å²) in [6.07, 6.45) is -0.766. The Kier molecular flexibility index (Phi) is 6.55. The SMILES string of the molecule is CC(C)(C)OC(=O)N/C(N)=N/C(=O)Cn1c(-c2ccccc2)ccc1-c1ccccc1. The van der Waals surface area contributed by atoms with Gasteiger partial charge in [-0.15, -0.1) is 0 Å². The van der Waals surface area contributed by atoms with Gasteiger partial charge in [0.1, 0.15) is 12.1 Å². The van der Waals surface area contributed by atoms with E-state index in [4.69, 9.17) is 10.5 Å². The molecule has 0 aliphatic rings. The first kappa shape index (κ1) is 21.8. The summed E-state index contributed by atoms with van der Waals surface area (Å²) < 4.78 is 7.01. The molecule has 1 heterocycles. The lowest BCUT2D eigenvalue weighted by Crippen LogP contribution is -2.41. The maximum Gasteiger partial charge on any atom is 0.414 e. The van der Waals surface area contributed by atoms with Gasteiger partial charge < -0.3 is 15.0 Å². The zero-order valence-electron chi connectivity index (χ0n) is 17.8. The fourth-order valence-electron chi connectivity index (χ4n) is 3.10. The lowest BCUT2D eigenvalue weighted by atomic mass is 10.1. The molecule has 2 amide bonds. The molecule has 160 valence electrons. The van der Waals surface area contributed by atoms with Crippen molar-refractivity contribution >= 4 is 18.0 Å². The molecule has 0 aliphatic heterocycles. The Morgan fingerprint density at radius 2 is 1.39 bits per heavy atom. The summed E-state index contributed by atoms with van der Waals surface area (Å²) in [6.45, 7) is 5.14. The minimum absolute atomic E-state index is 0.0435.